The quantitative estimate of drug-likeness (QED) is 0.281. The Kier molecular flexibility index (Phi) is 7.81. The highest BCUT2D eigenvalue weighted by Crippen LogP contribution is 2.76. The highest BCUT2D eigenvalue weighted by molar-refractivity contribution is 5.95. The minimum absolute atomic E-state index is 0.0302. The summed E-state index contributed by atoms with van der Waals surface area (Å²) in [5.74, 6) is -1.40. The Morgan fingerprint density at radius 2 is 1.43 bits per heavy atom. The lowest BCUT2D eigenvalue weighted by molar-refractivity contribution is -0.219. The molecule has 0 aromatic heterocycles. The van der Waals surface area contributed by atoms with E-state index in [1.165, 1.54) is 5.57 Å². The van der Waals surface area contributed by atoms with Gasteiger partial charge in [0.15, 0.2) is 5.78 Å². The Balaban J connectivity index is 1.34. The van der Waals surface area contributed by atoms with Crippen molar-refractivity contribution in [1.82, 2.24) is 0 Å². The second-order valence-corrected chi connectivity index (χ2v) is 18.6. The first-order chi connectivity index (χ1) is 21.3. The van der Waals surface area contributed by atoms with Gasteiger partial charge in [-0.2, -0.15) is 0 Å². The molecule has 3 unspecified atom stereocenters. The van der Waals surface area contributed by atoms with E-state index in [9.17, 15) is 24.3 Å². The molecular formula is C39H58O7. The van der Waals surface area contributed by atoms with Crippen molar-refractivity contribution in [2.75, 3.05) is 0 Å². The smallest absolute Gasteiger partial charge is 0.309 e. The minimum Gasteiger partial charge on any atom is -0.481 e. The van der Waals surface area contributed by atoms with Crippen molar-refractivity contribution in [3.8, 4) is 0 Å². The van der Waals surface area contributed by atoms with Gasteiger partial charge in [0.2, 0.25) is 0 Å². The number of hydrogen-bond donors (Lipinski definition) is 2. The highest BCUT2D eigenvalue weighted by atomic mass is 16.6. The molecule has 0 radical (unpaired) electrons. The van der Waals surface area contributed by atoms with Gasteiger partial charge in [-0.15, -0.1) is 0 Å². The van der Waals surface area contributed by atoms with Crippen LogP contribution in [0.5, 0.6) is 0 Å². The lowest BCUT2D eigenvalue weighted by Crippen LogP contribution is -2.67. The molecule has 6 rings (SSSR count). The summed E-state index contributed by atoms with van der Waals surface area (Å²) < 4.78 is 6.34. The summed E-state index contributed by atoms with van der Waals surface area (Å²) in [4.78, 5) is 51.3. The zero-order valence-electron chi connectivity index (χ0n) is 29.4. The van der Waals surface area contributed by atoms with Crippen molar-refractivity contribution in [2.24, 2.45) is 56.2 Å². The number of ketones is 1. The van der Waals surface area contributed by atoms with Gasteiger partial charge in [0.05, 0.1) is 18.3 Å². The van der Waals surface area contributed by atoms with E-state index >= 15 is 0 Å². The lowest BCUT2D eigenvalue weighted by Gasteiger charge is -2.71. The summed E-state index contributed by atoms with van der Waals surface area (Å²) in [5, 5.41) is 19.4. The Labute approximate surface area is 275 Å². The number of carboxylic acid groups (broad SMARTS) is 2. The van der Waals surface area contributed by atoms with Crippen LogP contribution in [-0.4, -0.2) is 39.5 Å². The molecule has 0 bridgehead atoms. The second kappa shape index (κ2) is 10.7. The number of fused-ring (bicyclic) bond motifs is 7. The number of esters is 1. The second-order valence-electron chi connectivity index (χ2n) is 18.6. The summed E-state index contributed by atoms with van der Waals surface area (Å²) in [5.41, 5.74) is -0.804. The molecule has 0 heterocycles. The van der Waals surface area contributed by atoms with Gasteiger partial charge in [0.25, 0.3) is 0 Å². The number of carbonyl (C=O) groups excluding carboxylic acids is 2. The first-order valence-corrected chi connectivity index (χ1v) is 18.2. The number of allylic oxidation sites excluding steroid dienone is 2. The maximum atomic E-state index is 14.7. The Morgan fingerprint density at radius 3 is 2.07 bits per heavy atom. The maximum Gasteiger partial charge on any atom is 0.309 e. The minimum atomic E-state index is -0.985. The van der Waals surface area contributed by atoms with Gasteiger partial charge in [-0.1, -0.05) is 47.1 Å². The Morgan fingerprint density at radius 1 is 0.804 bits per heavy atom. The highest BCUT2D eigenvalue weighted by Gasteiger charge is 2.71. The third-order valence-electron chi connectivity index (χ3n) is 16.1. The van der Waals surface area contributed by atoms with Crippen molar-refractivity contribution in [2.45, 2.75) is 150 Å². The molecule has 5 fully saturated rings. The number of carbonyl (C=O) groups is 4. The van der Waals surface area contributed by atoms with E-state index in [-0.39, 0.29) is 69.4 Å². The van der Waals surface area contributed by atoms with Crippen LogP contribution in [-0.2, 0) is 23.9 Å². The predicted molar refractivity (Wildman–Crippen MR) is 175 cm³/mol. The monoisotopic (exact) mass is 638 g/mol. The standard InChI is InChI=1S/C39H58O7/c1-33(2)27-13-17-38(7)31(36(27,5)16-12-28(33)39(14-8-9-15-39)46-30(43)11-10-29(41)42)26(40)22-24-25-23-35(4,32(44)45)19-18-34(25,3)20-21-37(24,38)6/h22,25,27-28,31H,8-21,23H2,1-7H3,(H,41,42)(H,44,45)/t25-,27?,28?,31?,34+,35-,36-,37+,38+/m0/s1. The van der Waals surface area contributed by atoms with E-state index in [0.717, 1.165) is 70.6 Å². The van der Waals surface area contributed by atoms with Crippen molar-refractivity contribution < 1.29 is 34.1 Å². The number of rotatable bonds is 6. The maximum absolute atomic E-state index is 14.7. The number of ether oxygens (including phenoxy) is 1. The molecule has 2 N–H and O–H groups in total. The van der Waals surface area contributed by atoms with Crippen LogP contribution in [0, 0.1) is 56.2 Å². The van der Waals surface area contributed by atoms with Crippen molar-refractivity contribution in [1.29, 1.82) is 0 Å². The van der Waals surface area contributed by atoms with Gasteiger partial charge in [-0.3, -0.25) is 19.2 Å². The molecule has 0 aliphatic heterocycles. The molecule has 0 amide bonds. The van der Waals surface area contributed by atoms with Gasteiger partial charge < -0.3 is 14.9 Å². The van der Waals surface area contributed by atoms with E-state index in [1.54, 1.807) is 0 Å². The van der Waals surface area contributed by atoms with Crippen LogP contribution in [0.2, 0.25) is 0 Å². The summed E-state index contributed by atoms with van der Waals surface area (Å²) in [6, 6.07) is 0. The van der Waals surface area contributed by atoms with Crippen molar-refractivity contribution >= 4 is 23.7 Å². The number of hydrogen-bond acceptors (Lipinski definition) is 5. The Hall–Kier alpha value is -2.18. The van der Waals surface area contributed by atoms with Gasteiger partial charge in [-0.25, -0.2) is 0 Å². The van der Waals surface area contributed by atoms with E-state index in [0.29, 0.717) is 12.8 Å². The molecule has 5 saturated carbocycles. The van der Waals surface area contributed by atoms with Crippen LogP contribution in [0.4, 0.5) is 0 Å². The van der Waals surface area contributed by atoms with Gasteiger partial charge >= 0.3 is 17.9 Å². The molecule has 0 saturated heterocycles. The third-order valence-corrected chi connectivity index (χ3v) is 16.1. The normalized spacial score (nSPS) is 45.7. The molecule has 7 heteroatoms. The molecule has 0 spiro atoms. The van der Waals surface area contributed by atoms with Crippen molar-refractivity contribution in [3.63, 3.8) is 0 Å². The van der Waals surface area contributed by atoms with Gasteiger partial charge in [-0.05, 0) is 135 Å². The molecule has 9 atom stereocenters. The van der Waals surface area contributed by atoms with Crippen LogP contribution < -0.4 is 0 Å². The third kappa shape index (κ3) is 4.62. The zero-order valence-corrected chi connectivity index (χ0v) is 29.4. The van der Waals surface area contributed by atoms with Crippen LogP contribution in [0.15, 0.2) is 11.6 Å². The Bertz CT molecular complexity index is 1360. The average molecular weight is 639 g/mol. The van der Waals surface area contributed by atoms with Crippen LogP contribution in [0.1, 0.15) is 145 Å². The molecule has 256 valence electrons. The summed E-state index contributed by atoms with van der Waals surface area (Å²) in [6.07, 6.45) is 13.4. The molecule has 0 aromatic carbocycles. The summed E-state index contributed by atoms with van der Waals surface area (Å²) in [6.45, 7) is 16.1. The molecule has 7 nitrogen and oxygen atoms in total. The summed E-state index contributed by atoms with van der Waals surface area (Å²) >= 11 is 0. The molecule has 46 heavy (non-hydrogen) atoms. The molecule has 6 aliphatic carbocycles. The largest absolute Gasteiger partial charge is 0.481 e. The SMILES string of the molecule is CC1(C)C(C2(OC(=O)CCC(=O)O)CCCC2)CC[C@@]2(C)C1CC[C@]1(C)C2C(=O)C=C2[C@@H]3C[C@@](C)(C(=O)O)CC[C@]3(C)CC[C@]21C. The zero-order chi connectivity index (χ0) is 33.7. The fraction of sp³-hybridized carbons (Fsp3) is 0.846. The van der Waals surface area contributed by atoms with E-state index < -0.39 is 28.9 Å². The fourth-order valence-electron chi connectivity index (χ4n) is 13.3. The first kappa shape index (κ1) is 33.7. The van der Waals surface area contributed by atoms with E-state index in [4.69, 9.17) is 9.84 Å². The molecule has 0 aromatic rings. The summed E-state index contributed by atoms with van der Waals surface area (Å²) in [7, 11) is 0. The van der Waals surface area contributed by atoms with Crippen molar-refractivity contribution in [3.05, 3.63) is 11.6 Å². The van der Waals surface area contributed by atoms with E-state index in [1.807, 2.05) is 13.0 Å². The molecule has 6 aliphatic rings. The van der Waals surface area contributed by atoms with Crippen LogP contribution in [0.25, 0.3) is 0 Å². The number of carboxylic acids is 2. The van der Waals surface area contributed by atoms with Gasteiger partial charge in [0.1, 0.15) is 5.60 Å². The average Bonchev–Trinajstić information content (AvgIpc) is 3.42. The topological polar surface area (TPSA) is 118 Å². The first-order valence-electron chi connectivity index (χ1n) is 18.2. The fourth-order valence-corrected chi connectivity index (χ4v) is 13.3. The van der Waals surface area contributed by atoms with Gasteiger partial charge in [0, 0.05) is 11.8 Å². The lowest BCUT2D eigenvalue weighted by atomic mass is 9.32. The predicted octanol–water partition coefficient (Wildman–Crippen LogP) is 8.39. The molecular weight excluding hydrogens is 580 g/mol. The van der Waals surface area contributed by atoms with E-state index in [2.05, 4.69) is 41.5 Å². The van der Waals surface area contributed by atoms with Crippen LogP contribution in [0.3, 0.4) is 0 Å². The number of aliphatic carboxylic acids is 2. The van der Waals surface area contributed by atoms with Crippen LogP contribution >= 0.6 is 0 Å².